The van der Waals surface area contributed by atoms with Crippen LogP contribution in [0, 0.1) is 22.7 Å². The van der Waals surface area contributed by atoms with Crippen LogP contribution in [0.5, 0.6) is 0 Å². The van der Waals surface area contributed by atoms with Crippen molar-refractivity contribution in [2.75, 3.05) is 9.80 Å². The van der Waals surface area contributed by atoms with Crippen molar-refractivity contribution >= 4 is 61.0 Å². The van der Waals surface area contributed by atoms with Crippen molar-refractivity contribution in [3.63, 3.8) is 0 Å². The summed E-state index contributed by atoms with van der Waals surface area (Å²) in [7, 11) is 0. The Balaban J connectivity index is 1.12. The average molecular weight is 727 g/mol. The van der Waals surface area contributed by atoms with Crippen molar-refractivity contribution in [3.05, 3.63) is 199 Å². The molecular formula is C48H30N4S2. The van der Waals surface area contributed by atoms with Crippen LogP contribution in [0.15, 0.2) is 188 Å². The van der Waals surface area contributed by atoms with Crippen molar-refractivity contribution in [3.8, 4) is 44.1 Å². The molecule has 1 aliphatic carbocycles. The molecule has 8 aromatic rings. The summed E-state index contributed by atoms with van der Waals surface area (Å²) in [4.78, 5) is 6.82. The maximum atomic E-state index is 10.1. The molecule has 0 amide bonds. The second-order valence-electron chi connectivity index (χ2n) is 12.8. The van der Waals surface area contributed by atoms with Gasteiger partial charge in [-0.05, 0) is 118 Å². The number of hydrogen-bond donors (Lipinski definition) is 0. The van der Waals surface area contributed by atoms with E-state index in [9.17, 15) is 10.5 Å². The van der Waals surface area contributed by atoms with E-state index < -0.39 is 0 Å². The molecule has 0 unspecified atom stereocenters. The molecule has 2 heterocycles. The Labute approximate surface area is 322 Å². The van der Waals surface area contributed by atoms with Gasteiger partial charge in [0.2, 0.25) is 0 Å². The van der Waals surface area contributed by atoms with Crippen LogP contribution in [0.4, 0.5) is 32.8 Å². The lowest BCUT2D eigenvalue weighted by Gasteiger charge is -2.23. The Hall–Kier alpha value is -6.96. The van der Waals surface area contributed by atoms with Gasteiger partial charge < -0.3 is 9.80 Å². The van der Waals surface area contributed by atoms with E-state index in [1.807, 2.05) is 24.3 Å². The quantitative estimate of drug-likeness (QED) is 0.146. The maximum absolute atomic E-state index is 10.1. The number of nitriles is 2. The first-order valence-electron chi connectivity index (χ1n) is 17.5. The highest BCUT2D eigenvalue weighted by atomic mass is 32.1. The molecule has 254 valence electrons. The first-order valence-corrected chi connectivity index (χ1v) is 19.2. The minimum absolute atomic E-state index is 0.120. The lowest BCUT2D eigenvalue weighted by atomic mass is 9.98. The second kappa shape index (κ2) is 14.2. The van der Waals surface area contributed by atoms with Crippen molar-refractivity contribution in [2.24, 2.45) is 0 Å². The van der Waals surface area contributed by atoms with E-state index in [1.165, 1.54) is 0 Å². The number of allylic oxidation sites excluding steroid dienone is 1. The molecule has 0 bridgehead atoms. The number of hydrogen-bond acceptors (Lipinski definition) is 6. The molecule has 0 aliphatic heterocycles. The predicted octanol–water partition coefficient (Wildman–Crippen LogP) is 13.9. The van der Waals surface area contributed by atoms with E-state index >= 15 is 0 Å². The van der Waals surface area contributed by atoms with Gasteiger partial charge in [0.05, 0.1) is 0 Å². The highest BCUT2D eigenvalue weighted by molar-refractivity contribution is 7.20. The van der Waals surface area contributed by atoms with Crippen LogP contribution in [0.3, 0.4) is 0 Å². The van der Waals surface area contributed by atoms with Crippen molar-refractivity contribution < 1.29 is 0 Å². The first kappa shape index (κ1) is 32.9. The van der Waals surface area contributed by atoms with Crippen LogP contribution in [-0.2, 0) is 0 Å². The van der Waals surface area contributed by atoms with Crippen LogP contribution in [0.2, 0.25) is 0 Å². The summed E-state index contributed by atoms with van der Waals surface area (Å²) < 4.78 is 0. The van der Waals surface area contributed by atoms with E-state index in [2.05, 4.69) is 180 Å². The zero-order valence-electron chi connectivity index (χ0n) is 28.9. The molecule has 9 rings (SSSR count). The zero-order valence-corrected chi connectivity index (χ0v) is 30.6. The SMILES string of the molecule is N#CC(C#N)=C1c2ccc(-c3ccc(N(c4ccccc4)c4ccccc4)s3)cc2-c2cc(-c3ccc(N(c4ccccc4)c4ccccc4)s3)ccc21. The normalized spacial score (nSPS) is 11.3. The zero-order chi connectivity index (χ0) is 36.4. The second-order valence-corrected chi connectivity index (χ2v) is 14.9. The molecule has 0 atom stereocenters. The van der Waals surface area contributed by atoms with E-state index in [-0.39, 0.29) is 5.57 Å². The fourth-order valence-electron chi connectivity index (χ4n) is 7.15. The van der Waals surface area contributed by atoms with Gasteiger partial charge >= 0.3 is 0 Å². The Morgan fingerprint density at radius 2 is 0.741 bits per heavy atom. The van der Waals surface area contributed by atoms with Gasteiger partial charge in [-0.25, -0.2) is 0 Å². The molecule has 0 fully saturated rings. The van der Waals surface area contributed by atoms with E-state index in [0.717, 1.165) is 75.9 Å². The van der Waals surface area contributed by atoms with Crippen LogP contribution < -0.4 is 9.80 Å². The van der Waals surface area contributed by atoms with Gasteiger partial charge in [-0.15, -0.1) is 22.7 Å². The summed E-state index contributed by atoms with van der Waals surface area (Å²) in [5, 5.41) is 22.3. The van der Waals surface area contributed by atoms with Crippen molar-refractivity contribution in [2.45, 2.75) is 0 Å². The molecule has 2 aromatic heterocycles. The number of thiophene rings is 2. The van der Waals surface area contributed by atoms with E-state index in [4.69, 9.17) is 0 Å². The molecule has 0 spiro atoms. The van der Waals surface area contributed by atoms with Gasteiger partial charge in [0.25, 0.3) is 0 Å². The smallest absolute Gasteiger partial charge is 0.138 e. The summed E-state index contributed by atoms with van der Waals surface area (Å²) in [6.45, 7) is 0. The molecule has 6 aromatic carbocycles. The molecule has 1 aliphatic rings. The number of para-hydroxylation sites is 4. The lowest BCUT2D eigenvalue weighted by Crippen LogP contribution is -2.07. The topological polar surface area (TPSA) is 54.1 Å². The Morgan fingerprint density at radius 3 is 1.07 bits per heavy atom. The summed E-state index contributed by atoms with van der Waals surface area (Å²) in [5.74, 6) is 0. The molecule has 6 heteroatoms. The summed E-state index contributed by atoms with van der Waals surface area (Å²) >= 11 is 3.47. The molecular weight excluding hydrogens is 697 g/mol. The van der Waals surface area contributed by atoms with Gasteiger partial charge in [0, 0.05) is 38.1 Å². The molecule has 0 N–H and O–H groups in total. The standard InChI is InChI=1S/C48H30N4S2/c49-31-35(32-50)48-40-23-21-33(44-25-27-46(53-44)51(36-13-5-1-6-14-36)37-15-7-2-8-16-37)29-42(40)43-30-34(22-24-41(43)48)45-26-28-47(54-45)52(38-17-9-3-10-18-38)39-19-11-4-12-20-39/h1-30H. The number of rotatable bonds is 8. The fraction of sp³-hybridized carbons (Fsp3) is 0. The van der Waals surface area contributed by atoms with Gasteiger partial charge in [0.15, 0.2) is 0 Å². The summed E-state index contributed by atoms with van der Waals surface area (Å²) in [6.07, 6.45) is 0. The Morgan fingerprint density at radius 1 is 0.389 bits per heavy atom. The van der Waals surface area contributed by atoms with Crippen molar-refractivity contribution in [1.29, 1.82) is 10.5 Å². The minimum atomic E-state index is 0.120. The van der Waals surface area contributed by atoms with E-state index in [0.29, 0.717) is 5.57 Å². The van der Waals surface area contributed by atoms with Gasteiger partial charge in [-0.1, -0.05) is 97.1 Å². The van der Waals surface area contributed by atoms with Crippen LogP contribution in [0.1, 0.15) is 11.1 Å². The fourth-order valence-corrected chi connectivity index (χ4v) is 9.24. The lowest BCUT2D eigenvalue weighted by molar-refractivity contribution is 1.32. The third-order valence-corrected chi connectivity index (χ3v) is 11.8. The largest absolute Gasteiger partial charge is 0.302 e. The van der Waals surface area contributed by atoms with Crippen LogP contribution in [0.25, 0.3) is 37.6 Å². The number of anilines is 6. The monoisotopic (exact) mass is 726 g/mol. The first-order chi connectivity index (χ1) is 26.7. The summed E-state index contributed by atoms with van der Waals surface area (Å²) in [6, 6.07) is 67.5. The Kier molecular flexibility index (Phi) is 8.67. The molecule has 54 heavy (non-hydrogen) atoms. The Bertz CT molecular complexity index is 2470. The molecule has 0 radical (unpaired) electrons. The maximum Gasteiger partial charge on any atom is 0.138 e. The van der Waals surface area contributed by atoms with Crippen molar-refractivity contribution in [1.82, 2.24) is 0 Å². The predicted molar refractivity (Wildman–Crippen MR) is 225 cm³/mol. The van der Waals surface area contributed by atoms with Gasteiger partial charge in [0.1, 0.15) is 27.7 Å². The third kappa shape index (κ3) is 5.96. The number of fused-ring (bicyclic) bond motifs is 3. The third-order valence-electron chi connectivity index (χ3n) is 9.59. The highest BCUT2D eigenvalue weighted by Gasteiger charge is 2.28. The van der Waals surface area contributed by atoms with E-state index in [1.54, 1.807) is 22.7 Å². The van der Waals surface area contributed by atoms with Crippen LogP contribution in [-0.4, -0.2) is 0 Å². The highest BCUT2D eigenvalue weighted by Crippen LogP contribution is 2.50. The average Bonchev–Trinajstić information content (AvgIpc) is 3.99. The molecule has 4 nitrogen and oxygen atoms in total. The number of nitrogens with zero attached hydrogens (tertiary/aromatic N) is 4. The molecule has 0 saturated carbocycles. The molecule has 0 saturated heterocycles. The van der Waals surface area contributed by atoms with Gasteiger partial charge in [-0.2, -0.15) is 10.5 Å². The van der Waals surface area contributed by atoms with Gasteiger partial charge in [-0.3, -0.25) is 0 Å². The minimum Gasteiger partial charge on any atom is -0.302 e. The summed E-state index contributed by atoms with van der Waals surface area (Å²) in [5.41, 5.74) is 11.2. The van der Waals surface area contributed by atoms with Crippen LogP contribution >= 0.6 is 22.7 Å². The number of benzene rings is 6.